The van der Waals surface area contributed by atoms with Crippen LogP contribution in [0, 0.1) is 0 Å². The van der Waals surface area contributed by atoms with Crippen LogP contribution in [-0.4, -0.2) is 18.6 Å². The molecule has 0 saturated heterocycles. The Bertz CT molecular complexity index is 459. The fraction of sp³-hybridized carbons (Fsp3) is 0.0909. The monoisotopic (exact) mass is 203 g/mol. The third-order valence-electron chi connectivity index (χ3n) is 2.11. The average molecular weight is 203 g/mol. The molecule has 1 heterocycles. The fourth-order valence-electron chi connectivity index (χ4n) is 1.32. The molecule has 0 spiro atoms. The van der Waals surface area contributed by atoms with Crippen LogP contribution in [-0.2, 0) is 0 Å². The van der Waals surface area contributed by atoms with Crippen LogP contribution in [0.2, 0.25) is 0 Å². The lowest BCUT2D eigenvalue weighted by Gasteiger charge is -2.00. The molecule has 0 atom stereocenters. The molecule has 0 aliphatic rings. The number of ether oxygens (including phenoxy) is 1. The van der Waals surface area contributed by atoms with Crippen molar-refractivity contribution in [2.24, 2.45) is 0 Å². The van der Waals surface area contributed by atoms with E-state index in [9.17, 15) is 4.79 Å². The molecule has 76 valence electrons. The van der Waals surface area contributed by atoms with Gasteiger partial charge in [0.25, 0.3) is 0 Å². The van der Waals surface area contributed by atoms with E-state index in [1.165, 1.54) is 6.26 Å². The van der Waals surface area contributed by atoms with Crippen molar-refractivity contribution >= 4 is 6.29 Å². The zero-order chi connectivity index (χ0) is 10.7. The van der Waals surface area contributed by atoms with E-state index in [1.807, 2.05) is 24.3 Å². The summed E-state index contributed by atoms with van der Waals surface area (Å²) in [6.45, 7) is 0. The van der Waals surface area contributed by atoms with Crippen LogP contribution >= 0.6 is 0 Å². The maximum Gasteiger partial charge on any atom is 0.172 e. The van der Waals surface area contributed by atoms with Crippen molar-refractivity contribution in [1.29, 1.82) is 0 Å². The molecule has 4 heteroatoms. The van der Waals surface area contributed by atoms with Crippen molar-refractivity contribution < 1.29 is 14.1 Å². The number of hydrogen-bond donors (Lipinski definition) is 0. The first-order valence-electron chi connectivity index (χ1n) is 4.39. The van der Waals surface area contributed by atoms with Crippen LogP contribution in [0.3, 0.4) is 0 Å². The second-order valence-corrected chi connectivity index (χ2v) is 2.96. The summed E-state index contributed by atoms with van der Waals surface area (Å²) in [7, 11) is 1.60. The van der Waals surface area contributed by atoms with Gasteiger partial charge < -0.3 is 9.26 Å². The van der Waals surface area contributed by atoms with E-state index < -0.39 is 0 Å². The van der Waals surface area contributed by atoms with Gasteiger partial charge in [0.15, 0.2) is 12.0 Å². The van der Waals surface area contributed by atoms with Gasteiger partial charge in [-0.2, -0.15) is 0 Å². The van der Waals surface area contributed by atoms with Gasteiger partial charge in [0.05, 0.1) is 12.7 Å². The van der Waals surface area contributed by atoms with E-state index in [4.69, 9.17) is 9.26 Å². The highest BCUT2D eigenvalue weighted by atomic mass is 16.5. The Morgan fingerprint density at radius 1 is 1.33 bits per heavy atom. The number of carbonyl (C=O) groups is 1. The Kier molecular flexibility index (Phi) is 2.49. The van der Waals surface area contributed by atoms with Crippen molar-refractivity contribution in [3.8, 4) is 16.9 Å². The molecule has 0 radical (unpaired) electrons. The summed E-state index contributed by atoms with van der Waals surface area (Å²) in [5.74, 6) is 0.767. The van der Waals surface area contributed by atoms with Gasteiger partial charge >= 0.3 is 0 Å². The van der Waals surface area contributed by atoms with E-state index in [2.05, 4.69) is 5.16 Å². The van der Waals surface area contributed by atoms with Crippen molar-refractivity contribution in [2.45, 2.75) is 0 Å². The molecule has 0 aliphatic heterocycles. The number of methoxy groups -OCH3 is 1. The number of hydrogen-bond acceptors (Lipinski definition) is 4. The van der Waals surface area contributed by atoms with E-state index >= 15 is 0 Å². The molecule has 2 aromatic rings. The predicted molar refractivity (Wildman–Crippen MR) is 53.9 cm³/mol. The third kappa shape index (κ3) is 1.74. The first-order chi connectivity index (χ1) is 7.35. The predicted octanol–water partition coefficient (Wildman–Crippen LogP) is 2.16. The molecule has 1 aromatic heterocycles. The summed E-state index contributed by atoms with van der Waals surface area (Å²) >= 11 is 0. The van der Waals surface area contributed by atoms with Crippen LogP contribution in [0.4, 0.5) is 0 Å². The van der Waals surface area contributed by atoms with Gasteiger partial charge in [-0.1, -0.05) is 17.3 Å². The van der Waals surface area contributed by atoms with Crippen LogP contribution in [0.5, 0.6) is 5.75 Å². The average Bonchev–Trinajstić information content (AvgIpc) is 2.77. The van der Waals surface area contributed by atoms with Crippen molar-refractivity contribution in [1.82, 2.24) is 5.16 Å². The van der Waals surface area contributed by atoms with Gasteiger partial charge in [0.2, 0.25) is 0 Å². The Hall–Kier alpha value is -2.10. The summed E-state index contributed by atoms with van der Waals surface area (Å²) in [5.41, 5.74) is 1.87. The normalized spacial score (nSPS) is 9.93. The first kappa shape index (κ1) is 9.45. The Balaban J connectivity index is 2.41. The SMILES string of the molecule is COc1ccc(-c2conc2C=O)cc1. The van der Waals surface area contributed by atoms with Gasteiger partial charge in [-0.15, -0.1) is 0 Å². The number of benzene rings is 1. The molecule has 0 saturated carbocycles. The highest BCUT2D eigenvalue weighted by Gasteiger charge is 2.08. The topological polar surface area (TPSA) is 52.3 Å². The molecule has 0 unspecified atom stereocenters. The molecule has 2 rings (SSSR count). The van der Waals surface area contributed by atoms with Gasteiger partial charge in [0, 0.05) is 0 Å². The molecule has 0 fully saturated rings. The smallest absolute Gasteiger partial charge is 0.172 e. The fourth-order valence-corrected chi connectivity index (χ4v) is 1.32. The Morgan fingerprint density at radius 3 is 2.67 bits per heavy atom. The highest BCUT2D eigenvalue weighted by molar-refractivity contribution is 5.84. The lowest BCUT2D eigenvalue weighted by Crippen LogP contribution is -1.85. The van der Waals surface area contributed by atoms with Crippen LogP contribution in [0.1, 0.15) is 10.5 Å². The minimum atomic E-state index is 0.306. The van der Waals surface area contributed by atoms with E-state index in [0.29, 0.717) is 17.5 Å². The number of aromatic nitrogens is 1. The quantitative estimate of drug-likeness (QED) is 0.717. The lowest BCUT2D eigenvalue weighted by atomic mass is 10.1. The largest absolute Gasteiger partial charge is 0.497 e. The van der Waals surface area contributed by atoms with E-state index in [-0.39, 0.29) is 0 Å². The minimum absolute atomic E-state index is 0.306. The number of carbonyl (C=O) groups excluding carboxylic acids is 1. The van der Waals surface area contributed by atoms with Gasteiger partial charge in [-0.05, 0) is 17.7 Å². The highest BCUT2D eigenvalue weighted by Crippen LogP contribution is 2.24. The van der Waals surface area contributed by atoms with Crippen molar-refractivity contribution in [2.75, 3.05) is 7.11 Å². The molecular formula is C11H9NO3. The molecule has 0 bridgehead atoms. The van der Waals surface area contributed by atoms with Gasteiger partial charge in [-0.25, -0.2) is 0 Å². The van der Waals surface area contributed by atoms with E-state index in [0.717, 1.165) is 11.3 Å². The summed E-state index contributed by atoms with van der Waals surface area (Å²) in [5, 5.41) is 3.58. The minimum Gasteiger partial charge on any atom is -0.497 e. The Labute approximate surface area is 86.5 Å². The second-order valence-electron chi connectivity index (χ2n) is 2.96. The molecule has 1 aromatic carbocycles. The number of aldehydes is 1. The zero-order valence-corrected chi connectivity index (χ0v) is 8.14. The molecule has 0 N–H and O–H groups in total. The number of nitrogens with zero attached hydrogens (tertiary/aromatic N) is 1. The maximum absolute atomic E-state index is 10.6. The zero-order valence-electron chi connectivity index (χ0n) is 8.14. The van der Waals surface area contributed by atoms with Crippen molar-refractivity contribution in [3.63, 3.8) is 0 Å². The summed E-state index contributed by atoms with van der Waals surface area (Å²) in [6, 6.07) is 7.32. The lowest BCUT2D eigenvalue weighted by molar-refractivity contribution is 0.111. The molecular weight excluding hydrogens is 194 g/mol. The van der Waals surface area contributed by atoms with Crippen LogP contribution in [0.15, 0.2) is 35.1 Å². The Morgan fingerprint density at radius 2 is 2.07 bits per heavy atom. The molecule has 15 heavy (non-hydrogen) atoms. The van der Waals surface area contributed by atoms with Crippen molar-refractivity contribution in [3.05, 3.63) is 36.2 Å². The van der Waals surface area contributed by atoms with Gasteiger partial charge in [0.1, 0.15) is 12.0 Å². The standard InChI is InChI=1S/C11H9NO3/c1-14-9-4-2-8(3-5-9)10-7-15-12-11(10)6-13/h2-7H,1H3. The maximum atomic E-state index is 10.6. The van der Waals surface area contributed by atoms with Crippen LogP contribution < -0.4 is 4.74 Å². The summed E-state index contributed by atoms with van der Waals surface area (Å²) in [4.78, 5) is 10.6. The summed E-state index contributed by atoms with van der Waals surface area (Å²) in [6.07, 6.45) is 2.12. The third-order valence-corrected chi connectivity index (χ3v) is 2.11. The molecule has 0 aliphatic carbocycles. The molecule has 0 amide bonds. The first-order valence-corrected chi connectivity index (χ1v) is 4.39. The summed E-state index contributed by atoms with van der Waals surface area (Å²) < 4.78 is 9.77. The molecule has 4 nitrogen and oxygen atoms in total. The second kappa shape index (κ2) is 3.96. The van der Waals surface area contributed by atoms with Crippen LogP contribution in [0.25, 0.3) is 11.1 Å². The van der Waals surface area contributed by atoms with E-state index in [1.54, 1.807) is 7.11 Å². The van der Waals surface area contributed by atoms with Gasteiger partial charge in [-0.3, -0.25) is 4.79 Å². The number of rotatable bonds is 3.